The minimum Gasteiger partial charge on any atom is -0.329 e. The van der Waals surface area contributed by atoms with Crippen LogP contribution in [0, 0.1) is 0 Å². The molecule has 0 bridgehead atoms. The lowest BCUT2D eigenvalue weighted by molar-refractivity contribution is -0.137. The van der Waals surface area contributed by atoms with Gasteiger partial charge < -0.3 is 4.90 Å². The van der Waals surface area contributed by atoms with E-state index in [-0.39, 0.29) is 35.9 Å². The number of anilines is 1. The molecule has 1 aliphatic heterocycles. The Hall–Kier alpha value is -3.82. The van der Waals surface area contributed by atoms with E-state index in [1.54, 1.807) is 0 Å². The molecular formula is C26H25N3O5S. The van der Waals surface area contributed by atoms with Crippen molar-refractivity contribution in [2.45, 2.75) is 30.2 Å². The van der Waals surface area contributed by atoms with Gasteiger partial charge in [-0.1, -0.05) is 60.7 Å². The minimum atomic E-state index is -3.91. The van der Waals surface area contributed by atoms with Crippen molar-refractivity contribution in [1.82, 2.24) is 4.90 Å². The Balaban J connectivity index is 1.58. The van der Waals surface area contributed by atoms with Crippen LogP contribution in [0.5, 0.6) is 0 Å². The van der Waals surface area contributed by atoms with Crippen LogP contribution in [-0.2, 0) is 37.2 Å². The Morgan fingerprint density at radius 3 is 2.03 bits per heavy atom. The van der Waals surface area contributed by atoms with Crippen LogP contribution in [0.3, 0.4) is 0 Å². The van der Waals surface area contributed by atoms with E-state index in [2.05, 4.69) is 0 Å². The van der Waals surface area contributed by atoms with Crippen molar-refractivity contribution in [2.24, 2.45) is 5.14 Å². The van der Waals surface area contributed by atoms with Gasteiger partial charge in [0.1, 0.15) is 6.04 Å². The Bertz CT molecular complexity index is 1330. The summed E-state index contributed by atoms with van der Waals surface area (Å²) in [6.07, 6.45) is 0.490. The lowest BCUT2D eigenvalue weighted by Gasteiger charge is -2.28. The van der Waals surface area contributed by atoms with Crippen LogP contribution in [0.4, 0.5) is 5.69 Å². The first-order valence-electron chi connectivity index (χ1n) is 11.1. The number of nitrogens with zero attached hydrogens (tertiary/aromatic N) is 2. The van der Waals surface area contributed by atoms with E-state index in [0.29, 0.717) is 6.42 Å². The average molecular weight is 492 g/mol. The predicted octanol–water partition coefficient (Wildman–Crippen LogP) is 2.28. The van der Waals surface area contributed by atoms with Crippen LogP contribution in [-0.4, -0.2) is 43.6 Å². The van der Waals surface area contributed by atoms with E-state index in [0.717, 1.165) is 16.0 Å². The van der Waals surface area contributed by atoms with Gasteiger partial charge in [0.2, 0.25) is 21.8 Å². The van der Waals surface area contributed by atoms with Gasteiger partial charge in [-0.25, -0.2) is 18.5 Å². The number of benzene rings is 3. The number of hydrogen-bond donors (Lipinski definition) is 1. The molecule has 0 aromatic heterocycles. The van der Waals surface area contributed by atoms with Crippen molar-refractivity contribution in [1.29, 1.82) is 0 Å². The molecule has 3 amide bonds. The summed E-state index contributed by atoms with van der Waals surface area (Å²) >= 11 is 0. The second-order valence-corrected chi connectivity index (χ2v) is 9.87. The summed E-state index contributed by atoms with van der Waals surface area (Å²) in [6.45, 7) is 0.275. The van der Waals surface area contributed by atoms with Gasteiger partial charge in [-0.05, 0) is 41.8 Å². The number of sulfonamides is 1. The quantitative estimate of drug-likeness (QED) is 0.485. The molecule has 1 unspecified atom stereocenters. The van der Waals surface area contributed by atoms with E-state index in [1.807, 2.05) is 60.7 Å². The molecule has 9 heteroatoms. The monoisotopic (exact) mass is 491 g/mol. The Morgan fingerprint density at radius 1 is 0.886 bits per heavy atom. The summed E-state index contributed by atoms with van der Waals surface area (Å²) in [7, 11) is -3.91. The highest BCUT2D eigenvalue weighted by Gasteiger charge is 2.44. The molecule has 1 atom stereocenters. The van der Waals surface area contributed by atoms with Crippen molar-refractivity contribution < 1.29 is 22.8 Å². The van der Waals surface area contributed by atoms with Crippen molar-refractivity contribution >= 4 is 33.4 Å². The largest absolute Gasteiger partial charge is 0.329 e. The molecule has 0 radical (unpaired) electrons. The first kappa shape index (κ1) is 24.3. The number of amides is 3. The highest BCUT2D eigenvalue weighted by Crippen LogP contribution is 2.27. The van der Waals surface area contributed by atoms with E-state index in [4.69, 9.17) is 5.14 Å². The van der Waals surface area contributed by atoms with Gasteiger partial charge >= 0.3 is 0 Å². The molecule has 2 N–H and O–H groups in total. The van der Waals surface area contributed by atoms with Gasteiger partial charge in [-0.3, -0.25) is 14.4 Å². The SMILES string of the molecule is NS(=O)(=O)c1ccc(N2C(=O)CC(N(CCc3ccccc3)C(=O)Cc3ccccc3)C2=O)cc1. The van der Waals surface area contributed by atoms with Crippen molar-refractivity contribution in [3.05, 3.63) is 96.1 Å². The summed E-state index contributed by atoms with van der Waals surface area (Å²) in [5.74, 6) is -1.22. The minimum absolute atomic E-state index is 0.108. The molecule has 1 fully saturated rings. The summed E-state index contributed by atoms with van der Waals surface area (Å²) in [4.78, 5) is 41.9. The molecule has 1 saturated heterocycles. The first-order chi connectivity index (χ1) is 16.7. The summed E-state index contributed by atoms with van der Waals surface area (Å²) in [6, 6.07) is 23.1. The molecular weight excluding hydrogens is 466 g/mol. The zero-order valence-electron chi connectivity index (χ0n) is 18.9. The molecule has 3 aromatic carbocycles. The molecule has 0 aliphatic carbocycles. The van der Waals surface area contributed by atoms with E-state index in [9.17, 15) is 22.8 Å². The zero-order chi connectivity index (χ0) is 25.0. The maximum absolute atomic E-state index is 13.4. The topological polar surface area (TPSA) is 118 Å². The number of hydrogen-bond acceptors (Lipinski definition) is 5. The molecule has 0 saturated carbocycles. The number of carbonyl (C=O) groups excluding carboxylic acids is 3. The van der Waals surface area contributed by atoms with Gasteiger partial charge in [0.15, 0.2) is 0 Å². The van der Waals surface area contributed by atoms with Crippen molar-refractivity contribution in [2.75, 3.05) is 11.4 Å². The molecule has 180 valence electrons. The number of imide groups is 1. The van der Waals surface area contributed by atoms with Crippen LogP contribution in [0.15, 0.2) is 89.8 Å². The molecule has 3 aromatic rings. The maximum Gasteiger partial charge on any atom is 0.257 e. The summed E-state index contributed by atoms with van der Waals surface area (Å²) in [5.41, 5.74) is 2.06. The zero-order valence-corrected chi connectivity index (χ0v) is 19.7. The standard InChI is InChI=1S/C26H25N3O5S/c27-35(33,34)22-13-11-21(12-14-22)29-25(31)18-23(26(29)32)28(16-15-19-7-3-1-4-8-19)24(30)17-20-9-5-2-6-10-20/h1-14,23H,15-18H2,(H2,27,33,34). The number of carbonyl (C=O) groups is 3. The van der Waals surface area contributed by atoms with Crippen LogP contribution in [0.1, 0.15) is 17.5 Å². The van der Waals surface area contributed by atoms with Crippen LogP contribution in [0.25, 0.3) is 0 Å². The first-order valence-corrected chi connectivity index (χ1v) is 12.7. The number of primary sulfonamides is 1. The maximum atomic E-state index is 13.4. The third-order valence-electron chi connectivity index (χ3n) is 5.93. The summed E-state index contributed by atoms with van der Waals surface area (Å²) in [5, 5.41) is 5.14. The van der Waals surface area contributed by atoms with Crippen LogP contribution < -0.4 is 10.0 Å². The molecule has 0 spiro atoms. The second kappa shape index (κ2) is 10.2. The third-order valence-corrected chi connectivity index (χ3v) is 6.85. The van der Waals surface area contributed by atoms with E-state index >= 15 is 0 Å². The predicted molar refractivity (Wildman–Crippen MR) is 131 cm³/mol. The Kier molecular flexibility index (Phi) is 7.09. The van der Waals surface area contributed by atoms with Gasteiger partial charge in [-0.2, -0.15) is 0 Å². The van der Waals surface area contributed by atoms with Gasteiger partial charge in [0.05, 0.1) is 23.4 Å². The fraction of sp³-hybridized carbons (Fsp3) is 0.192. The highest BCUT2D eigenvalue weighted by molar-refractivity contribution is 7.89. The van der Waals surface area contributed by atoms with Gasteiger partial charge in [0.25, 0.3) is 5.91 Å². The lowest BCUT2D eigenvalue weighted by Crippen LogP contribution is -2.47. The lowest BCUT2D eigenvalue weighted by atomic mass is 10.1. The molecule has 8 nitrogen and oxygen atoms in total. The van der Waals surface area contributed by atoms with Crippen molar-refractivity contribution in [3.8, 4) is 0 Å². The second-order valence-electron chi connectivity index (χ2n) is 8.31. The fourth-order valence-corrected chi connectivity index (χ4v) is 4.65. The number of nitrogens with two attached hydrogens (primary N) is 1. The third kappa shape index (κ3) is 5.64. The highest BCUT2D eigenvalue weighted by atomic mass is 32.2. The Morgan fingerprint density at radius 2 is 1.46 bits per heavy atom. The van der Waals surface area contributed by atoms with Crippen LogP contribution in [0.2, 0.25) is 0 Å². The average Bonchev–Trinajstić information content (AvgIpc) is 3.13. The Labute approximate surface area is 204 Å². The fourth-order valence-electron chi connectivity index (χ4n) is 4.14. The molecule has 1 heterocycles. The molecule has 35 heavy (non-hydrogen) atoms. The summed E-state index contributed by atoms with van der Waals surface area (Å²) < 4.78 is 23.1. The van der Waals surface area contributed by atoms with Crippen molar-refractivity contribution in [3.63, 3.8) is 0 Å². The van der Waals surface area contributed by atoms with E-state index < -0.39 is 27.9 Å². The smallest absolute Gasteiger partial charge is 0.257 e. The van der Waals surface area contributed by atoms with Crippen LogP contribution >= 0.6 is 0 Å². The number of rotatable bonds is 8. The van der Waals surface area contributed by atoms with Gasteiger partial charge in [-0.15, -0.1) is 0 Å². The molecule has 1 aliphatic rings. The normalized spacial score (nSPS) is 15.9. The van der Waals surface area contributed by atoms with Gasteiger partial charge in [0, 0.05) is 6.54 Å². The molecule has 4 rings (SSSR count). The van der Waals surface area contributed by atoms with E-state index in [1.165, 1.54) is 29.2 Å².